The van der Waals surface area contributed by atoms with Crippen molar-refractivity contribution in [3.05, 3.63) is 0 Å². The van der Waals surface area contributed by atoms with Crippen molar-refractivity contribution in [2.45, 2.75) is 49.8 Å². The Hall–Kier alpha value is -0.750. The molecule has 0 aromatic carbocycles. The Balaban J connectivity index is 2.34. The minimum absolute atomic E-state index is 0.0501. The number of nitrogens with two attached hydrogens (primary N) is 2. The first-order valence-corrected chi connectivity index (χ1v) is 7.50. The van der Waals surface area contributed by atoms with Gasteiger partial charge in [0.1, 0.15) is 0 Å². The first-order chi connectivity index (χ1) is 8.48. The molecule has 1 rings (SSSR count). The maximum atomic E-state index is 11.5. The number of nitrogens with one attached hydrogen (secondary N) is 1. The highest BCUT2D eigenvalue weighted by Gasteiger charge is 2.37. The van der Waals surface area contributed by atoms with Crippen LogP contribution in [0.15, 0.2) is 0 Å². The van der Waals surface area contributed by atoms with Crippen LogP contribution in [0.1, 0.15) is 39.0 Å². The van der Waals surface area contributed by atoms with Crippen molar-refractivity contribution in [2.24, 2.45) is 11.5 Å². The maximum absolute atomic E-state index is 11.5. The fraction of sp³-hybridized carbons (Fsp3) is 0.833. The standard InChI is InChI=1S/C12H23N3O2S/c1-2-6-15-10(16)8-18-9-4-3-5-12(14,7-9)11(13)17/h9H,2-8,14H2,1H3,(H2,13,17)(H,15,16). The summed E-state index contributed by atoms with van der Waals surface area (Å²) in [4.78, 5) is 22.8. The molecule has 18 heavy (non-hydrogen) atoms. The van der Waals surface area contributed by atoms with E-state index in [1.165, 1.54) is 0 Å². The minimum atomic E-state index is -0.879. The second-order valence-corrected chi connectivity index (χ2v) is 6.19. The fourth-order valence-electron chi connectivity index (χ4n) is 2.13. The average molecular weight is 273 g/mol. The van der Waals surface area contributed by atoms with E-state index in [0.717, 1.165) is 19.3 Å². The van der Waals surface area contributed by atoms with Crippen LogP contribution in [0.4, 0.5) is 0 Å². The van der Waals surface area contributed by atoms with Crippen LogP contribution < -0.4 is 16.8 Å². The van der Waals surface area contributed by atoms with Crippen molar-refractivity contribution >= 4 is 23.6 Å². The van der Waals surface area contributed by atoms with E-state index in [9.17, 15) is 9.59 Å². The lowest BCUT2D eigenvalue weighted by Gasteiger charge is -2.34. The molecule has 0 saturated heterocycles. The monoisotopic (exact) mass is 273 g/mol. The summed E-state index contributed by atoms with van der Waals surface area (Å²) in [6, 6.07) is 0. The third-order valence-corrected chi connectivity index (χ3v) is 4.56. The van der Waals surface area contributed by atoms with Crippen LogP contribution in [-0.4, -0.2) is 34.9 Å². The molecule has 1 fully saturated rings. The zero-order valence-corrected chi connectivity index (χ0v) is 11.7. The molecule has 0 bridgehead atoms. The molecule has 0 aromatic heterocycles. The van der Waals surface area contributed by atoms with Crippen LogP contribution in [0.5, 0.6) is 0 Å². The van der Waals surface area contributed by atoms with Gasteiger partial charge in [-0.2, -0.15) is 0 Å². The largest absolute Gasteiger partial charge is 0.368 e. The lowest BCUT2D eigenvalue weighted by Crippen LogP contribution is -2.55. The summed E-state index contributed by atoms with van der Waals surface area (Å²) in [6.45, 7) is 2.73. The predicted octanol–water partition coefficient (Wildman–Crippen LogP) is 0.371. The van der Waals surface area contributed by atoms with Crippen molar-refractivity contribution in [1.82, 2.24) is 5.32 Å². The number of rotatable bonds is 6. The molecule has 0 radical (unpaired) electrons. The van der Waals surface area contributed by atoms with E-state index in [1.54, 1.807) is 11.8 Å². The number of carbonyl (C=O) groups is 2. The molecule has 2 atom stereocenters. The zero-order chi connectivity index (χ0) is 13.6. The maximum Gasteiger partial charge on any atom is 0.237 e. The molecule has 1 aliphatic carbocycles. The first-order valence-electron chi connectivity index (χ1n) is 6.45. The van der Waals surface area contributed by atoms with E-state index < -0.39 is 11.4 Å². The van der Waals surface area contributed by atoms with Crippen LogP contribution in [0.25, 0.3) is 0 Å². The summed E-state index contributed by atoms with van der Waals surface area (Å²) in [5, 5.41) is 3.09. The highest BCUT2D eigenvalue weighted by Crippen LogP contribution is 2.33. The SMILES string of the molecule is CCCNC(=O)CSC1CCCC(N)(C(N)=O)C1. The molecule has 5 nitrogen and oxygen atoms in total. The molecular weight excluding hydrogens is 250 g/mol. The van der Waals surface area contributed by atoms with E-state index in [0.29, 0.717) is 25.1 Å². The van der Waals surface area contributed by atoms with E-state index >= 15 is 0 Å². The second-order valence-electron chi connectivity index (χ2n) is 4.90. The summed E-state index contributed by atoms with van der Waals surface area (Å²) in [5.74, 6) is 0.0526. The Kier molecular flexibility index (Phi) is 5.95. The van der Waals surface area contributed by atoms with E-state index in [-0.39, 0.29) is 11.2 Å². The Morgan fingerprint density at radius 3 is 2.83 bits per heavy atom. The molecule has 1 aliphatic rings. The lowest BCUT2D eigenvalue weighted by molar-refractivity contribution is -0.124. The second kappa shape index (κ2) is 6.99. The number of hydrogen-bond donors (Lipinski definition) is 3. The molecule has 2 unspecified atom stereocenters. The van der Waals surface area contributed by atoms with Gasteiger partial charge in [-0.05, 0) is 32.1 Å². The molecule has 0 heterocycles. The van der Waals surface area contributed by atoms with E-state index in [2.05, 4.69) is 5.32 Å². The Morgan fingerprint density at radius 2 is 2.22 bits per heavy atom. The van der Waals surface area contributed by atoms with Crippen molar-refractivity contribution in [3.8, 4) is 0 Å². The fourth-order valence-corrected chi connectivity index (χ4v) is 3.37. The quantitative estimate of drug-likeness (QED) is 0.651. The topological polar surface area (TPSA) is 98.2 Å². The van der Waals surface area contributed by atoms with Gasteiger partial charge in [0, 0.05) is 11.8 Å². The van der Waals surface area contributed by atoms with Crippen LogP contribution in [0.3, 0.4) is 0 Å². The molecule has 5 N–H and O–H groups in total. The van der Waals surface area contributed by atoms with Crippen molar-refractivity contribution in [2.75, 3.05) is 12.3 Å². The third kappa shape index (κ3) is 4.49. The Morgan fingerprint density at radius 1 is 1.50 bits per heavy atom. The number of carbonyl (C=O) groups excluding carboxylic acids is 2. The van der Waals surface area contributed by atoms with Crippen LogP contribution in [0, 0.1) is 0 Å². The first kappa shape index (κ1) is 15.3. The normalized spacial score (nSPS) is 27.8. The number of thioether (sulfide) groups is 1. The van der Waals surface area contributed by atoms with Gasteiger partial charge in [0.25, 0.3) is 0 Å². The molecule has 0 spiro atoms. The van der Waals surface area contributed by atoms with Gasteiger partial charge < -0.3 is 16.8 Å². The van der Waals surface area contributed by atoms with Gasteiger partial charge in [-0.15, -0.1) is 11.8 Å². The Bertz CT molecular complexity index is 312. The van der Waals surface area contributed by atoms with Gasteiger partial charge in [-0.3, -0.25) is 9.59 Å². The molecule has 0 aromatic rings. The average Bonchev–Trinajstić information content (AvgIpc) is 2.34. The van der Waals surface area contributed by atoms with Gasteiger partial charge in [0.2, 0.25) is 11.8 Å². The molecule has 0 aliphatic heterocycles. The van der Waals surface area contributed by atoms with E-state index in [4.69, 9.17) is 11.5 Å². The minimum Gasteiger partial charge on any atom is -0.368 e. The van der Waals surface area contributed by atoms with Gasteiger partial charge in [-0.25, -0.2) is 0 Å². The summed E-state index contributed by atoms with van der Waals surface area (Å²) in [6.07, 6.45) is 4.06. The molecule has 104 valence electrons. The Labute approximate surface area is 112 Å². The van der Waals surface area contributed by atoms with Gasteiger partial charge in [0.15, 0.2) is 0 Å². The van der Waals surface area contributed by atoms with Crippen LogP contribution in [0.2, 0.25) is 0 Å². The zero-order valence-electron chi connectivity index (χ0n) is 10.9. The molecule has 6 heteroatoms. The lowest BCUT2D eigenvalue weighted by atomic mass is 9.82. The third-order valence-electron chi connectivity index (χ3n) is 3.25. The number of primary amides is 1. The summed E-state index contributed by atoms with van der Waals surface area (Å²) < 4.78 is 0. The van der Waals surface area contributed by atoms with Gasteiger partial charge >= 0.3 is 0 Å². The summed E-state index contributed by atoms with van der Waals surface area (Å²) in [7, 11) is 0. The number of amides is 2. The summed E-state index contributed by atoms with van der Waals surface area (Å²) in [5.41, 5.74) is 10.4. The van der Waals surface area contributed by atoms with Gasteiger partial charge in [-0.1, -0.05) is 6.92 Å². The van der Waals surface area contributed by atoms with Gasteiger partial charge in [0.05, 0.1) is 11.3 Å². The van der Waals surface area contributed by atoms with E-state index in [1.807, 2.05) is 6.92 Å². The molecular formula is C12H23N3O2S. The highest BCUT2D eigenvalue weighted by molar-refractivity contribution is 8.00. The van der Waals surface area contributed by atoms with Crippen molar-refractivity contribution in [3.63, 3.8) is 0 Å². The number of hydrogen-bond acceptors (Lipinski definition) is 4. The van der Waals surface area contributed by atoms with Crippen LogP contribution in [-0.2, 0) is 9.59 Å². The smallest absolute Gasteiger partial charge is 0.237 e. The predicted molar refractivity (Wildman–Crippen MR) is 74.1 cm³/mol. The molecule has 1 saturated carbocycles. The van der Waals surface area contributed by atoms with Crippen molar-refractivity contribution in [1.29, 1.82) is 0 Å². The molecule has 2 amide bonds. The van der Waals surface area contributed by atoms with Crippen molar-refractivity contribution < 1.29 is 9.59 Å². The van der Waals surface area contributed by atoms with Crippen LogP contribution >= 0.6 is 11.8 Å². The summed E-state index contributed by atoms with van der Waals surface area (Å²) >= 11 is 1.58. The highest BCUT2D eigenvalue weighted by atomic mass is 32.2.